The first kappa shape index (κ1) is 13.9. The number of terminal acetylenes is 1. The quantitative estimate of drug-likeness (QED) is 0.849. The maximum atomic E-state index is 11.9. The number of hydrogen-bond donors (Lipinski definition) is 1. The molecule has 2 aromatic carbocycles. The largest absolute Gasteiger partial charge is 0.350 e. The van der Waals surface area contributed by atoms with Crippen molar-refractivity contribution in [2.24, 2.45) is 10.8 Å². The van der Waals surface area contributed by atoms with Crippen LogP contribution in [0.15, 0.2) is 59.7 Å². The van der Waals surface area contributed by atoms with E-state index in [1.165, 1.54) is 5.01 Å². The Bertz CT molecular complexity index is 776. The average molecular weight is 289 g/mol. The Morgan fingerprint density at radius 2 is 1.91 bits per heavy atom. The molecule has 0 saturated carbocycles. The lowest BCUT2D eigenvalue weighted by Gasteiger charge is -2.36. The summed E-state index contributed by atoms with van der Waals surface area (Å²) in [6.07, 6.45) is 7.77. The number of urea groups is 1. The molecular weight excluding hydrogens is 274 g/mol. The van der Waals surface area contributed by atoms with Gasteiger partial charge in [0.2, 0.25) is 0 Å². The van der Waals surface area contributed by atoms with Crippen molar-refractivity contribution in [3.8, 4) is 12.3 Å². The van der Waals surface area contributed by atoms with Crippen molar-refractivity contribution < 1.29 is 4.79 Å². The first-order valence-corrected chi connectivity index (χ1v) is 6.93. The minimum absolute atomic E-state index is 0.550. The van der Waals surface area contributed by atoms with Gasteiger partial charge in [-0.25, -0.2) is 9.80 Å². The number of hydrogen-bond acceptors (Lipinski definition) is 2. The van der Waals surface area contributed by atoms with E-state index in [1.54, 1.807) is 6.21 Å². The highest BCUT2D eigenvalue weighted by Gasteiger charge is 2.45. The summed E-state index contributed by atoms with van der Waals surface area (Å²) in [6, 6.07) is 16.7. The van der Waals surface area contributed by atoms with Gasteiger partial charge in [0.1, 0.15) is 5.54 Å². The summed E-state index contributed by atoms with van der Waals surface area (Å²) in [6.45, 7) is 0. The highest BCUT2D eigenvalue weighted by Crippen LogP contribution is 2.41. The molecule has 2 amide bonds. The number of benzene rings is 2. The molecule has 1 heterocycles. The van der Waals surface area contributed by atoms with E-state index < -0.39 is 11.6 Å². The van der Waals surface area contributed by atoms with Crippen LogP contribution in [0.25, 0.3) is 0 Å². The molecule has 1 aliphatic rings. The second-order valence-electron chi connectivity index (χ2n) is 5.10. The third-order valence-electron chi connectivity index (χ3n) is 3.91. The van der Waals surface area contributed by atoms with Gasteiger partial charge in [-0.1, -0.05) is 48.4 Å². The monoisotopic (exact) mass is 289 g/mol. The van der Waals surface area contributed by atoms with Gasteiger partial charge in [-0.05, 0) is 23.3 Å². The van der Waals surface area contributed by atoms with E-state index in [2.05, 4.69) is 11.0 Å². The zero-order chi connectivity index (χ0) is 15.6. The predicted octanol–water partition coefficient (Wildman–Crippen LogP) is 2.68. The standard InChI is InChI=1S/C18H15N3O/c1-2-14-7-6-10-16(13-14)18(15-8-4-3-5-9-15)11-12-20-21(18)17(19)22/h1,3-10,12-13H,11H2,(H2,19,22). The molecule has 2 N–H and O–H groups in total. The Kier molecular flexibility index (Phi) is 3.40. The molecule has 108 valence electrons. The first-order valence-electron chi connectivity index (χ1n) is 6.93. The van der Waals surface area contributed by atoms with Crippen LogP contribution in [-0.4, -0.2) is 17.3 Å². The zero-order valence-electron chi connectivity index (χ0n) is 11.9. The van der Waals surface area contributed by atoms with Crippen molar-refractivity contribution in [2.75, 3.05) is 0 Å². The number of nitrogens with zero attached hydrogens (tertiary/aromatic N) is 2. The molecule has 1 unspecified atom stereocenters. The fraction of sp³-hybridized carbons (Fsp3) is 0.111. The van der Waals surface area contributed by atoms with Crippen LogP contribution in [0.2, 0.25) is 0 Å². The second-order valence-corrected chi connectivity index (χ2v) is 5.10. The van der Waals surface area contributed by atoms with E-state index in [9.17, 15) is 4.79 Å². The summed E-state index contributed by atoms with van der Waals surface area (Å²) in [5, 5.41) is 5.51. The van der Waals surface area contributed by atoms with Crippen molar-refractivity contribution in [1.82, 2.24) is 5.01 Å². The Labute approximate surface area is 129 Å². The normalized spacial score (nSPS) is 19.9. The maximum absolute atomic E-state index is 11.9. The van der Waals surface area contributed by atoms with Crippen LogP contribution in [0.1, 0.15) is 23.1 Å². The van der Waals surface area contributed by atoms with Crippen molar-refractivity contribution >= 4 is 12.2 Å². The van der Waals surface area contributed by atoms with Crippen LogP contribution in [0.5, 0.6) is 0 Å². The van der Waals surface area contributed by atoms with Gasteiger partial charge in [-0.15, -0.1) is 6.42 Å². The van der Waals surface area contributed by atoms with Crippen LogP contribution >= 0.6 is 0 Å². The van der Waals surface area contributed by atoms with Crippen LogP contribution in [-0.2, 0) is 5.54 Å². The Balaban J connectivity index is 2.24. The summed E-state index contributed by atoms with van der Waals surface area (Å²) in [7, 11) is 0. The van der Waals surface area contributed by atoms with E-state index in [-0.39, 0.29) is 0 Å². The summed E-state index contributed by atoms with van der Waals surface area (Å²) < 4.78 is 0. The third kappa shape index (κ3) is 2.04. The number of rotatable bonds is 2. The van der Waals surface area contributed by atoms with Crippen LogP contribution in [0.4, 0.5) is 4.79 Å². The fourth-order valence-electron chi connectivity index (χ4n) is 2.91. The first-order chi connectivity index (χ1) is 10.7. The number of carbonyl (C=O) groups is 1. The summed E-state index contributed by atoms with van der Waals surface area (Å²) in [5.41, 5.74) is 7.39. The molecule has 0 saturated heterocycles. The summed E-state index contributed by atoms with van der Waals surface area (Å²) in [4.78, 5) is 11.9. The van der Waals surface area contributed by atoms with Gasteiger partial charge in [-0.3, -0.25) is 0 Å². The van der Waals surface area contributed by atoms with E-state index in [0.717, 1.165) is 16.7 Å². The van der Waals surface area contributed by atoms with Crippen LogP contribution < -0.4 is 5.73 Å². The molecule has 4 nitrogen and oxygen atoms in total. The lowest BCUT2D eigenvalue weighted by atomic mass is 9.80. The van der Waals surface area contributed by atoms with Crippen molar-refractivity contribution in [3.63, 3.8) is 0 Å². The van der Waals surface area contributed by atoms with E-state index in [4.69, 9.17) is 12.2 Å². The van der Waals surface area contributed by atoms with Gasteiger partial charge in [0.05, 0.1) is 0 Å². The molecule has 0 aliphatic carbocycles. The Hall–Kier alpha value is -3.06. The second kappa shape index (κ2) is 5.38. The molecule has 4 heteroatoms. The van der Waals surface area contributed by atoms with E-state index in [1.807, 2.05) is 54.6 Å². The molecule has 0 fully saturated rings. The van der Waals surface area contributed by atoms with Gasteiger partial charge >= 0.3 is 6.03 Å². The lowest BCUT2D eigenvalue weighted by molar-refractivity contribution is 0.164. The molecule has 3 rings (SSSR count). The van der Waals surface area contributed by atoms with Crippen LogP contribution in [0.3, 0.4) is 0 Å². The van der Waals surface area contributed by atoms with Gasteiger partial charge in [0.25, 0.3) is 0 Å². The van der Waals surface area contributed by atoms with Crippen LogP contribution in [0, 0.1) is 12.3 Å². The molecule has 1 atom stereocenters. The van der Waals surface area contributed by atoms with Crippen molar-refractivity contribution in [2.45, 2.75) is 12.0 Å². The van der Waals surface area contributed by atoms with Crippen molar-refractivity contribution in [3.05, 3.63) is 71.3 Å². The smallest absolute Gasteiger partial charge is 0.336 e. The molecule has 0 aromatic heterocycles. The molecule has 22 heavy (non-hydrogen) atoms. The van der Waals surface area contributed by atoms with Gasteiger partial charge in [-0.2, -0.15) is 5.10 Å². The summed E-state index contributed by atoms with van der Waals surface area (Å²) in [5.74, 6) is 2.63. The number of amides is 2. The fourth-order valence-corrected chi connectivity index (χ4v) is 2.91. The van der Waals surface area contributed by atoms with Gasteiger partial charge in [0, 0.05) is 18.2 Å². The van der Waals surface area contributed by atoms with E-state index in [0.29, 0.717) is 6.42 Å². The highest BCUT2D eigenvalue weighted by atomic mass is 16.2. The Morgan fingerprint density at radius 1 is 1.18 bits per heavy atom. The molecule has 0 radical (unpaired) electrons. The molecule has 0 spiro atoms. The highest BCUT2D eigenvalue weighted by molar-refractivity contribution is 5.79. The van der Waals surface area contributed by atoms with E-state index >= 15 is 0 Å². The number of primary amides is 1. The number of nitrogens with two attached hydrogens (primary N) is 1. The summed E-state index contributed by atoms with van der Waals surface area (Å²) >= 11 is 0. The molecular formula is C18H15N3O. The number of carbonyl (C=O) groups excluding carboxylic acids is 1. The van der Waals surface area contributed by atoms with Crippen molar-refractivity contribution in [1.29, 1.82) is 0 Å². The topological polar surface area (TPSA) is 58.7 Å². The number of hydrazone groups is 1. The minimum Gasteiger partial charge on any atom is -0.350 e. The van der Waals surface area contributed by atoms with Gasteiger partial charge in [0.15, 0.2) is 0 Å². The molecule has 2 aromatic rings. The minimum atomic E-state index is -0.750. The Morgan fingerprint density at radius 3 is 2.59 bits per heavy atom. The predicted molar refractivity (Wildman–Crippen MR) is 86.1 cm³/mol. The maximum Gasteiger partial charge on any atom is 0.336 e. The average Bonchev–Trinajstić information content (AvgIpc) is 3.02. The third-order valence-corrected chi connectivity index (χ3v) is 3.91. The SMILES string of the molecule is C#Cc1cccc(C2(c3ccccc3)CC=NN2C(N)=O)c1. The molecule has 1 aliphatic heterocycles. The zero-order valence-corrected chi connectivity index (χ0v) is 11.9. The lowest BCUT2D eigenvalue weighted by Crippen LogP contribution is -2.46. The van der Waals surface area contributed by atoms with Gasteiger partial charge < -0.3 is 5.73 Å². The molecule has 0 bridgehead atoms.